The van der Waals surface area contributed by atoms with Crippen LogP contribution in [-0.4, -0.2) is 10.4 Å². The first-order valence-electron chi connectivity index (χ1n) is 4.80. The van der Waals surface area contributed by atoms with Crippen LogP contribution in [0.5, 0.6) is 0 Å². The third-order valence-electron chi connectivity index (χ3n) is 2.82. The van der Waals surface area contributed by atoms with Gasteiger partial charge in [0.15, 0.2) is 0 Å². The van der Waals surface area contributed by atoms with Crippen LogP contribution < -0.4 is 0 Å². The molecule has 1 nitrogen and oxygen atoms in total. The molecule has 2 heteroatoms. The van der Waals surface area contributed by atoms with Crippen LogP contribution in [-0.2, 0) is 6.42 Å². The Bertz CT molecular complexity index is 273. The minimum absolute atomic E-state index is 0.317. The number of nitrogens with zero attached hydrogens (tertiary/aromatic N) is 1. The SMILES string of the molecule is CC1CC1C(Cl)Cc1ccncc1. The van der Waals surface area contributed by atoms with Crippen molar-refractivity contribution in [3.63, 3.8) is 0 Å². The smallest absolute Gasteiger partial charge is 0.0407 e. The Balaban J connectivity index is 1.91. The van der Waals surface area contributed by atoms with Gasteiger partial charge in [-0.05, 0) is 42.4 Å². The molecule has 1 aliphatic rings. The molecule has 1 aliphatic carbocycles. The Morgan fingerprint density at radius 3 is 2.69 bits per heavy atom. The Morgan fingerprint density at radius 2 is 2.15 bits per heavy atom. The van der Waals surface area contributed by atoms with Crippen LogP contribution in [0.4, 0.5) is 0 Å². The lowest BCUT2D eigenvalue weighted by molar-refractivity contribution is 0.682. The summed E-state index contributed by atoms with van der Waals surface area (Å²) in [4.78, 5) is 3.99. The molecule has 0 aromatic carbocycles. The van der Waals surface area contributed by atoms with Crippen molar-refractivity contribution in [1.82, 2.24) is 4.98 Å². The molecule has 1 aromatic heterocycles. The number of hydrogen-bond acceptors (Lipinski definition) is 1. The van der Waals surface area contributed by atoms with Crippen molar-refractivity contribution >= 4 is 11.6 Å². The van der Waals surface area contributed by atoms with E-state index >= 15 is 0 Å². The van der Waals surface area contributed by atoms with Crippen molar-refractivity contribution in [2.75, 3.05) is 0 Å². The van der Waals surface area contributed by atoms with Gasteiger partial charge in [-0.15, -0.1) is 11.6 Å². The maximum Gasteiger partial charge on any atom is 0.0407 e. The van der Waals surface area contributed by atoms with Crippen molar-refractivity contribution in [1.29, 1.82) is 0 Å². The number of halogens is 1. The van der Waals surface area contributed by atoms with Gasteiger partial charge >= 0.3 is 0 Å². The number of alkyl halides is 1. The standard InChI is InChI=1S/C11H14ClN/c1-8-6-10(8)11(12)7-9-2-4-13-5-3-9/h2-5,8,10-11H,6-7H2,1H3. The van der Waals surface area contributed by atoms with Gasteiger partial charge in [-0.2, -0.15) is 0 Å². The molecule has 3 atom stereocenters. The fourth-order valence-electron chi connectivity index (χ4n) is 1.75. The Kier molecular flexibility index (Phi) is 2.54. The molecule has 0 bridgehead atoms. The molecule has 70 valence electrons. The molecule has 1 heterocycles. The summed E-state index contributed by atoms with van der Waals surface area (Å²) in [7, 11) is 0. The Hall–Kier alpha value is -0.560. The monoisotopic (exact) mass is 195 g/mol. The molecule has 1 fully saturated rings. The molecule has 0 saturated heterocycles. The number of hydrogen-bond donors (Lipinski definition) is 0. The first-order chi connectivity index (χ1) is 6.27. The molecule has 0 aliphatic heterocycles. The minimum Gasteiger partial charge on any atom is -0.265 e. The van der Waals surface area contributed by atoms with Gasteiger partial charge < -0.3 is 0 Å². The molecular formula is C11H14ClN. The van der Waals surface area contributed by atoms with Crippen LogP contribution in [0.25, 0.3) is 0 Å². The molecule has 0 spiro atoms. The maximum absolute atomic E-state index is 6.29. The lowest BCUT2D eigenvalue weighted by Crippen LogP contribution is -2.06. The van der Waals surface area contributed by atoms with E-state index in [0.717, 1.165) is 18.3 Å². The van der Waals surface area contributed by atoms with Gasteiger partial charge in [0.25, 0.3) is 0 Å². The highest BCUT2D eigenvalue weighted by molar-refractivity contribution is 6.21. The second-order valence-corrected chi connectivity index (χ2v) is 4.51. The van der Waals surface area contributed by atoms with E-state index in [-0.39, 0.29) is 0 Å². The molecule has 13 heavy (non-hydrogen) atoms. The summed E-state index contributed by atoms with van der Waals surface area (Å²) in [6, 6.07) is 4.09. The highest BCUT2D eigenvalue weighted by Crippen LogP contribution is 2.43. The molecule has 2 rings (SSSR count). The van der Waals surface area contributed by atoms with Crippen LogP contribution in [0.15, 0.2) is 24.5 Å². The first-order valence-corrected chi connectivity index (χ1v) is 5.24. The van der Waals surface area contributed by atoms with E-state index in [1.807, 2.05) is 24.5 Å². The van der Waals surface area contributed by atoms with Gasteiger partial charge in [0, 0.05) is 17.8 Å². The number of rotatable bonds is 3. The highest BCUT2D eigenvalue weighted by atomic mass is 35.5. The van der Waals surface area contributed by atoms with Crippen LogP contribution in [0.1, 0.15) is 18.9 Å². The second-order valence-electron chi connectivity index (χ2n) is 3.95. The van der Waals surface area contributed by atoms with Crippen LogP contribution in [0, 0.1) is 11.8 Å². The Labute approximate surface area is 84.1 Å². The van der Waals surface area contributed by atoms with Gasteiger partial charge in [-0.3, -0.25) is 4.98 Å². The quantitative estimate of drug-likeness (QED) is 0.676. The van der Waals surface area contributed by atoms with Gasteiger partial charge in [0.1, 0.15) is 0 Å². The summed E-state index contributed by atoms with van der Waals surface area (Å²) in [6.45, 7) is 2.27. The zero-order valence-electron chi connectivity index (χ0n) is 7.78. The lowest BCUT2D eigenvalue weighted by atomic mass is 10.1. The van der Waals surface area contributed by atoms with Crippen molar-refractivity contribution in [2.45, 2.75) is 25.1 Å². The minimum atomic E-state index is 0.317. The van der Waals surface area contributed by atoms with E-state index in [1.165, 1.54) is 12.0 Å². The fourth-order valence-corrected chi connectivity index (χ4v) is 2.28. The maximum atomic E-state index is 6.29. The molecule has 0 N–H and O–H groups in total. The summed E-state index contributed by atoms with van der Waals surface area (Å²) in [5.41, 5.74) is 1.30. The third kappa shape index (κ3) is 2.22. The average molecular weight is 196 g/mol. The average Bonchev–Trinajstić information content (AvgIpc) is 2.84. The third-order valence-corrected chi connectivity index (χ3v) is 3.29. The van der Waals surface area contributed by atoms with Crippen molar-refractivity contribution in [3.05, 3.63) is 30.1 Å². The molecule has 3 unspecified atom stereocenters. The van der Waals surface area contributed by atoms with E-state index in [0.29, 0.717) is 5.38 Å². The van der Waals surface area contributed by atoms with Crippen LogP contribution in [0.3, 0.4) is 0 Å². The lowest BCUT2D eigenvalue weighted by Gasteiger charge is -2.07. The zero-order chi connectivity index (χ0) is 9.26. The van der Waals surface area contributed by atoms with Gasteiger partial charge in [0.05, 0.1) is 0 Å². The van der Waals surface area contributed by atoms with E-state index in [9.17, 15) is 0 Å². The van der Waals surface area contributed by atoms with Crippen LogP contribution >= 0.6 is 11.6 Å². The number of aromatic nitrogens is 1. The largest absolute Gasteiger partial charge is 0.265 e. The van der Waals surface area contributed by atoms with E-state index in [4.69, 9.17) is 11.6 Å². The molecule has 0 amide bonds. The second kappa shape index (κ2) is 3.67. The first kappa shape index (κ1) is 9.01. The summed E-state index contributed by atoms with van der Waals surface area (Å²) >= 11 is 6.29. The summed E-state index contributed by atoms with van der Waals surface area (Å²) in [5.74, 6) is 1.58. The van der Waals surface area contributed by atoms with Gasteiger partial charge in [-0.1, -0.05) is 6.92 Å². The van der Waals surface area contributed by atoms with Crippen molar-refractivity contribution in [2.24, 2.45) is 11.8 Å². The van der Waals surface area contributed by atoms with E-state index in [2.05, 4.69) is 11.9 Å². The summed E-state index contributed by atoms with van der Waals surface area (Å²) < 4.78 is 0. The molecule has 1 aromatic rings. The number of pyridine rings is 1. The summed E-state index contributed by atoms with van der Waals surface area (Å²) in [6.07, 6.45) is 5.95. The van der Waals surface area contributed by atoms with Crippen molar-refractivity contribution < 1.29 is 0 Å². The van der Waals surface area contributed by atoms with Gasteiger partial charge in [0.2, 0.25) is 0 Å². The molecular weight excluding hydrogens is 182 g/mol. The van der Waals surface area contributed by atoms with E-state index < -0.39 is 0 Å². The topological polar surface area (TPSA) is 12.9 Å². The van der Waals surface area contributed by atoms with E-state index in [1.54, 1.807) is 0 Å². The molecule has 0 radical (unpaired) electrons. The predicted molar refractivity (Wildman–Crippen MR) is 54.9 cm³/mol. The van der Waals surface area contributed by atoms with Gasteiger partial charge in [-0.25, -0.2) is 0 Å². The summed E-state index contributed by atoms with van der Waals surface area (Å²) in [5, 5.41) is 0.317. The highest BCUT2D eigenvalue weighted by Gasteiger charge is 2.38. The Morgan fingerprint density at radius 1 is 1.54 bits per heavy atom. The molecule has 1 saturated carbocycles. The predicted octanol–water partition coefficient (Wildman–Crippen LogP) is 2.89. The zero-order valence-corrected chi connectivity index (χ0v) is 8.54. The normalized spacial score (nSPS) is 28.5. The van der Waals surface area contributed by atoms with Crippen molar-refractivity contribution in [3.8, 4) is 0 Å². The fraction of sp³-hybridized carbons (Fsp3) is 0.545. The van der Waals surface area contributed by atoms with Crippen LogP contribution in [0.2, 0.25) is 0 Å².